The zero-order chi connectivity index (χ0) is 19.2. The zero-order valence-corrected chi connectivity index (χ0v) is 15.5. The van der Waals surface area contributed by atoms with Crippen LogP contribution in [0.1, 0.15) is 42.4 Å². The normalized spacial score (nSPS) is 16.2. The van der Waals surface area contributed by atoms with E-state index in [9.17, 15) is 19.5 Å². The number of nitrogens with zero attached hydrogens (tertiary/aromatic N) is 2. The van der Waals surface area contributed by atoms with Gasteiger partial charge in [-0.1, -0.05) is 0 Å². The Labute approximate surface area is 146 Å². The number of fused-ring (bicyclic) bond motifs is 1. The van der Waals surface area contributed by atoms with Gasteiger partial charge in [0.25, 0.3) is 5.91 Å². The molecule has 0 aromatic carbocycles. The van der Waals surface area contributed by atoms with Crippen LogP contribution in [-0.4, -0.2) is 39.3 Å². The molecule has 0 bridgehead atoms. The number of carbonyl (C=O) groups excluding carboxylic acids is 3. The number of ketones is 1. The number of cyclic esters (lactones) is 1. The van der Waals surface area contributed by atoms with Gasteiger partial charge < -0.3 is 19.3 Å². The molecule has 0 saturated heterocycles. The van der Waals surface area contributed by atoms with E-state index in [0.29, 0.717) is 28.2 Å². The van der Waals surface area contributed by atoms with E-state index in [2.05, 4.69) is 0 Å². The van der Waals surface area contributed by atoms with Crippen molar-refractivity contribution >= 4 is 17.7 Å². The Hall–Kier alpha value is -2.83. The van der Waals surface area contributed by atoms with Crippen molar-refractivity contribution in [2.45, 2.75) is 34.6 Å². The highest BCUT2D eigenvalue weighted by Crippen LogP contribution is 2.36. The number of aromatic hydroxyl groups is 1. The van der Waals surface area contributed by atoms with Gasteiger partial charge >= 0.3 is 5.97 Å². The summed E-state index contributed by atoms with van der Waals surface area (Å²) in [6.07, 6.45) is 0. The summed E-state index contributed by atoms with van der Waals surface area (Å²) < 4.78 is 6.47. The third kappa shape index (κ3) is 2.75. The zero-order valence-electron chi connectivity index (χ0n) is 15.5. The van der Waals surface area contributed by atoms with E-state index >= 15 is 0 Å². The fourth-order valence-electron chi connectivity index (χ4n) is 2.94. The van der Waals surface area contributed by atoms with Crippen LogP contribution in [0, 0.1) is 13.8 Å². The van der Waals surface area contributed by atoms with Crippen molar-refractivity contribution in [3.63, 3.8) is 0 Å². The summed E-state index contributed by atoms with van der Waals surface area (Å²) in [7, 11) is 3.39. The smallest absolute Gasteiger partial charge is 0.345 e. The van der Waals surface area contributed by atoms with E-state index in [4.69, 9.17) is 4.74 Å². The molecule has 0 spiro atoms. The standard InChI is InChI=1S/C9H9NO3.C9H13NO2/c1-4-6-7(8(11)10(4)3)5(2)13-9(6)12;1-5-6(2)10(4)9(12)8(5)7(3)11/h1-3H3;12H,1-4H3. The minimum Gasteiger partial charge on any atom is -0.494 e. The van der Waals surface area contributed by atoms with Crippen molar-refractivity contribution < 1.29 is 24.2 Å². The van der Waals surface area contributed by atoms with Gasteiger partial charge in [0.1, 0.15) is 5.76 Å². The number of hydrogen-bond acceptors (Lipinski definition) is 5. The van der Waals surface area contributed by atoms with Gasteiger partial charge in [-0.15, -0.1) is 0 Å². The number of esters is 1. The average molecular weight is 346 g/mol. The highest BCUT2D eigenvalue weighted by Gasteiger charge is 2.41. The molecular weight excluding hydrogens is 324 g/mol. The van der Waals surface area contributed by atoms with E-state index in [1.807, 2.05) is 13.8 Å². The van der Waals surface area contributed by atoms with Crippen molar-refractivity contribution in [2.24, 2.45) is 7.05 Å². The molecule has 2 aliphatic rings. The van der Waals surface area contributed by atoms with Gasteiger partial charge in [0.2, 0.25) is 5.88 Å². The Morgan fingerprint density at radius 3 is 1.96 bits per heavy atom. The highest BCUT2D eigenvalue weighted by molar-refractivity contribution is 6.16. The molecule has 25 heavy (non-hydrogen) atoms. The van der Waals surface area contributed by atoms with Crippen LogP contribution in [0.2, 0.25) is 0 Å². The summed E-state index contributed by atoms with van der Waals surface area (Å²) in [5, 5.41) is 9.51. The molecule has 1 amide bonds. The van der Waals surface area contributed by atoms with Crippen LogP contribution in [0.5, 0.6) is 5.88 Å². The molecule has 7 nitrogen and oxygen atoms in total. The summed E-state index contributed by atoms with van der Waals surface area (Å²) >= 11 is 0. The number of allylic oxidation sites excluding steroid dienone is 2. The number of aromatic nitrogens is 1. The molecule has 1 aromatic rings. The summed E-state index contributed by atoms with van der Waals surface area (Å²) in [5.41, 5.74) is 3.74. The second-order valence-electron chi connectivity index (χ2n) is 6.17. The topological polar surface area (TPSA) is 88.8 Å². The van der Waals surface area contributed by atoms with Crippen LogP contribution in [0.4, 0.5) is 0 Å². The molecule has 0 radical (unpaired) electrons. The van der Waals surface area contributed by atoms with Gasteiger partial charge in [0, 0.05) is 25.5 Å². The van der Waals surface area contributed by atoms with Gasteiger partial charge in [-0.25, -0.2) is 4.79 Å². The van der Waals surface area contributed by atoms with Crippen LogP contribution in [0.15, 0.2) is 22.6 Å². The Morgan fingerprint density at radius 1 is 1.04 bits per heavy atom. The summed E-state index contributed by atoms with van der Waals surface area (Å²) in [4.78, 5) is 35.4. The number of amides is 1. The first-order valence-electron chi connectivity index (χ1n) is 7.78. The van der Waals surface area contributed by atoms with Gasteiger partial charge in [-0.3, -0.25) is 9.59 Å². The predicted octanol–water partition coefficient (Wildman–Crippen LogP) is 2.11. The third-order valence-corrected chi connectivity index (χ3v) is 4.75. The highest BCUT2D eigenvalue weighted by atomic mass is 16.5. The van der Waals surface area contributed by atoms with E-state index in [-0.39, 0.29) is 17.6 Å². The number of likely N-dealkylation sites (N-methyl/N-ethyl adjacent to an activating group) is 1. The largest absolute Gasteiger partial charge is 0.494 e. The molecule has 0 aliphatic carbocycles. The van der Waals surface area contributed by atoms with Gasteiger partial charge in [-0.2, -0.15) is 0 Å². The summed E-state index contributed by atoms with van der Waals surface area (Å²) in [6, 6.07) is 0. The molecule has 134 valence electrons. The van der Waals surface area contributed by atoms with Gasteiger partial charge in [0.05, 0.1) is 16.7 Å². The first-order chi connectivity index (χ1) is 11.5. The van der Waals surface area contributed by atoms with Crippen molar-refractivity contribution in [3.8, 4) is 5.88 Å². The first kappa shape index (κ1) is 18.5. The second kappa shape index (κ2) is 6.23. The fraction of sp³-hybridized carbons (Fsp3) is 0.389. The van der Waals surface area contributed by atoms with Crippen LogP contribution < -0.4 is 0 Å². The monoisotopic (exact) mass is 346 g/mol. The van der Waals surface area contributed by atoms with Crippen molar-refractivity contribution in [2.75, 3.05) is 7.05 Å². The van der Waals surface area contributed by atoms with Crippen molar-refractivity contribution in [1.29, 1.82) is 0 Å². The number of rotatable bonds is 1. The lowest BCUT2D eigenvalue weighted by atomic mass is 10.1. The minimum absolute atomic E-state index is 0.0671. The van der Waals surface area contributed by atoms with E-state index in [1.54, 1.807) is 32.5 Å². The van der Waals surface area contributed by atoms with Crippen LogP contribution in [0.3, 0.4) is 0 Å². The maximum Gasteiger partial charge on any atom is 0.345 e. The first-order valence-corrected chi connectivity index (χ1v) is 7.78. The Balaban J connectivity index is 0.000000181. The molecule has 2 aliphatic heterocycles. The maximum absolute atomic E-state index is 11.5. The molecule has 3 rings (SSSR count). The number of hydrogen-bond donors (Lipinski definition) is 1. The maximum atomic E-state index is 11.5. The Bertz CT molecular complexity index is 845. The van der Waals surface area contributed by atoms with Crippen LogP contribution in [-0.2, 0) is 21.4 Å². The van der Waals surface area contributed by atoms with E-state index < -0.39 is 5.97 Å². The molecule has 0 atom stereocenters. The van der Waals surface area contributed by atoms with Gasteiger partial charge in [-0.05, 0) is 40.2 Å². The number of ether oxygens (including phenoxy) is 1. The second-order valence-corrected chi connectivity index (χ2v) is 6.17. The molecule has 1 N–H and O–H groups in total. The molecule has 1 aromatic heterocycles. The van der Waals surface area contributed by atoms with Crippen molar-refractivity contribution in [1.82, 2.24) is 9.47 Å². The fourth-order valence-corrected chi connectivity index (χ4v) is 2.94. The summed E-state index contributed by atoms with van der Waals surface area (Å²) in [5.74, 6) is -0.182. The Kier molecular flexibility index (Phi) is 4.61. The van der Waals surface area contributed by atoms with Crippen LogP contribution in [0.25, 0.3) is 0 Å². The molecule has 0 unspecified atom stereocenters. The molecule has 7 heteroatoms. The SMILES string of the molecule is CC(=O)c1c(C)c(C)n(C)c1O.CC1=C2C(=O)N(C)C(C)=C2C(=O)O1. The molecule has 0 fully saturated rings. The van der Waals surface area contributed by atoms with Crippen molar-refractivity contribution in [3.05, 3.63) is 39.4 Å². The molecule has 0 saturated carbocycles. The lowest BCUT2D eigenvalue weighted by Crippen LogP contribution is -2.20. The number of Topliss-reactive ketones (excluding diaryl/α,β-unsaturated/α-hetero) is 1. The van der Waals surface area contributed by atoms with Crippen LogP contribution >= 0.6 is 0 Å². The summed E-state index contributed by atoms with van der Waals surface area (Å²) in [6.45, 7) is 8.54. The quantitative estimate of drug-likeness (QED) is 0.621. The lowest BCUT2D eigenvalue weighted by Gasteiger charge is -2.10. The predicted molar refractivity (Wildman–Crippen MR) is 90.8 cm³/mol. The van der Waals surface area contributed by atoms with E-state index in [0.717, 1.165) is 11.3 Å². The number of carbonyl (C=O) groups is 3. The molecular formula is C18H22N2O5. The minimum atomic E-state index is -0.414. The van der Waals surface area contributed by atoms with E-state index in [1.165, 1.54) is 11.8 Å². The average Bonchev–Trinajstić information content (AvgIpc) is 3.03. The third-order valence-electron chi connectivity index (χ3n) is 4.75. The Morgan fingerprint density at radius 2 is 1.60 bits per heavy atom. The van der Waals surface area contributed by atoms with Gasteiger partial charge in [0.15, 0.2) is 5.78 Å². The molecule has 3 heterocycles. The lowest BCUT2D eigenvalue weighted by molar-refractivity contribution is -0.133.